The Hall–Kier alpha value is -1.83. The summed E-state index contributed by atoms with van der Waals surface area (Å²) in [5.74, 6) is 1.62. The lowest BCUT2D eigenvalue weighted by atomic mass is 9.90. The highest BCUT2D eigenvalue weighted by Crippen LogP contribution is 2.28. The van der Waals surface area contributed by atoms with Gasteiger partial charge in [0.05, 0.1) is 13.2 Å². The molecule has 0 saturated carbocycles. The first-order valence-electron chi connectivity index (χ1n) is 14.5. The number of likely N-dealkylation sites (tertiary alicyclic amines) is 1. The summed E-state index contributed by atoms with van der Waals surface area (Å²) in [5, 5.41) is 10.3. The maximum Gasteiger partial charge on any atom is 0.410 e. The van der Waals surface area contributed by atoms with Crippen LogP contribution in [-0.4, -0.2) is 96.1 Å². The first-order chi connectivity index (χ1) is 17.7. The Morgan fingerprint density at radius 3 is 2.43 bits per heavy atom. The van der Waals surface area contributed by atoms with Gasteiger partial charge < -0.3 is 19.5 Å². The average molecular weight is 516 g/mol. The molecule has 208 valence electrons. The summed E-state index contributed by atoms with van der Waals surface area (Å²) >= 11 is 0. The molecule has 3 saturated heterocycles. The molecule has 3 fully saturated rings. The molecule has 0 aliphatic carbocycles. The molecule has 1 N–H and O–H groups in total. The molecule has 1 aromatic carbocycles. The Morgan fingerprint density at radius 2 is 1.76 bits per heavy atom. The Bertz CT molecular complexity index is 847. The number of carbonyl (C=O) groups excluding carboxylic acids is 1. The Kier molecular flexibility index (Phi) is 9.76. The number of amides is 1. The van der Waals surface area contributed by atoms with Gasteiger partial charge in [-0.15, -0.1) is 0 Å². The van der Waals surface area contributed by atoms with Crippen LogP contribution in [0.2, 0.25) is 0 Å². The fourth-order valence-electron chi connectivity index (χ4n) is 6.29. The van der Waals surface area contributed by atoms with Crippen molar-refractivity contribution < 1.29 is 19.4 Å². The van der Waals surface area contributed by atoms with E-state index in [0.29, 0.717) is 18.0 Å². The van der Waals surface area contributed by atoms with Crippen molar-refractivity contribution in [3.63, 3.8) is 0 Å². The number of hydrogen-bond acceptors (Lipinski definition) is 6. The van der Waals surface area contributed by atoms with Gasteiger partial charge in [0, 0.05) is 44.8 Å². The van der Waals surface area contributed by atoms with Crippen molar-refractivity contribution in [2.45, 2.75) is 95.9 Å². The van der Waals surface area contributed by atoms with E-state index in [-0.39, 0.29) is 12.2 Å². The lowest BCUT2D eigenvalue weighted by Gasteiger charge is -2.49. The minimum Gasteiger partial charge on any atom is -0.497 e. The second kappa shape index (κ2) is 12.8. The van der Waals surface area contributed by atoms with Gasteiger partial charge in [-0.3, -0.25) is 9.80 Å². The second-order valence-electron chi connectivity index (χ2n) is 12.4. The lowest BCUT2D eigenvalue weighted by molar-refractivity contribution is -0.0298. The van der Waals surface area contributed by atoms with Crippen molar-refractivity contribution in [3.05, 3.63) is 29.8 Å². The monoisotopic (exact) mass is 515 g/mol. The van der Waals surface area contributed by atoms with E-state index in [4.69, 9.17) is 9.47 Å². The minimum absolute atomic E-state index is 0.146. The Morgan fingerprint density at radius 1 is 1.03 bits per heavy atom. The van der Waals surface area contributed by atoms with Crippen LogP contribution in [-0.2, 0) is 11.2 Å². The standard InChI is InChI=1S/C30H49N3O4/c1-30(2,3)37-29(35)31-16-12-23(13-17-31)7-5-6-15-32-22-26-20-27(34)14-18-33(26)21-25(32)19-24-8-10-28(36-4)11-9-24/h8-11,23,25-27,34H,5-7,12-22H2,1-4H3/t25-,26+,27-/m0/s1. The van der Waals surface area contributed by atoms with Crippen molar-refractivity contribution in [2.24, 2.45) is 5.92 Å². The van der Waals surface area contributed by atoms with Crippen LogP contribution >= 0.6 is 0 Å². The molecule has 0 aromatic heterocycles. The van der Waals surface area contributed by atoms with Gasteiger partial charge in [-0.05, 0) is 89.5 Å². The highest BCUT2D eigenvalue weighted by Gasteiger charge is 2.37. The molecule has 3 atom stereocenters. The molecule has 7 nitrogen and oxygen atoms in total. The van der Waals surface area contributed by atoms with Gasteiger partial charge in [0.1, 0.15) is 11.4 Å². The third-order valence-corrected chi connectivity index (χ3v) is 8.42. The number of aliphatic hydroxyl groups is 1. The van der Waals surface area contributed by atoms with Crippen molar-refractivity contribution in [1.82, 2.24) is 14.7 Å². The Labute approximate surface area is 224 Å². The maximum absolute atomic E-state index is 12.3. The van der Waals surface area contributed by atoms with Gasteiger partial charge in [0.15, 0.2) is 0 Å². The van der Waals surface area contributed by atoms with E-state index in [1.54, 1.807) is 7.11 Å². The zero-order valence-corrected chi connectivity index (χ0v) is 23.5. The maximum atomic E-state index is 12.3. The Balaban J connectivity index is 1.24. The third kappa shape index (κ3) is 8.33. The summed E-state index contributed by atoms with van der Waals surface area (Å²) in [4.78, 5) is 19.5. The molecule has 0 bridgehead atoms. The smallest absolute Gasteiger partial charge is 0.410 e. The number of piperazine rings is 1. The summed E-state index contributed by atoms with van der Waals surface area (Å²) in [6, 6.07) is 9.53. The fraction of sp³-hybridized carbons (Fsp3) is 0.767. The first-order valence-corrected chi connectivity index (χ1v) is 14.5. The number of carbonyl (C=O) groups is 1. The quantitative estimate of drug-likeness (QED) is 0.512. The second-order valence-corrected chi connectivity index (χ2v) is 12.4. The van der Waals surface area contributed by atoms with Crippen molar-refractivity contribution in [1.29, 1.82) is 0 Å². The van der Waals surface area contributed by atoms with Crippen LogP contribution in [0.4, 0.5) is 4.79 Å². The zero-order chi connectivity index (χ0) is 26.4. The molecule has 3 aliphatic heterocycles. The predicted molar refractivity (Wildman–Crippen MR) is 147 cm³/mol. The van der Waals surface area contributed by atoms with Gasteiger partial charge in [-0.25, -0.2) is 4.79 Å². The molecule has 0 radical (unpaired) electrons. The van der Waals surface area contributed by atoms with Crippen LogP contribution in [0.1, 0.15) is 71.3 Å². The number of aliphatic hydroxyl groups excluding tert-OH is 1. The molecule has 1 amide bonds. The number of ether oxygens (including phenoxy) is 2. The molecule has 7 heteroatoms. The van der Waals surface area contributed by atoms with Gasteiger partial charge in [0.25, 0.3) is 0 Å². The average Bonchev–Trinajstić information content (AvgIpc) is 2.86. The number of hydrogen-bond donors (Lipinski definition) is 1. The fourth-order valence-corrected chi connectivity index (χ4v) is 6.29. The summed E-state index contributed by atoms with van der Waals surface area (Å²) in [5.41, 5.74) is 0.934. The third-order valence-electron chi connectivity index (χ3n) is 8.42. The highest BCUT2D eigenvalue weighted by atomic mass is 16.6. The summed E-state index contributed by atoms with van der Waals surface area (Å²) < 4.78 is 10.9. The first kappa shape index (κ1) is 28.2. The van der Waals surface area contributed by atoms with Gasteiger partial charge >= 0.3 is 6.09 Å². The molecule has 4 rings (SSSR count). The number of piperidine rings is 2. The number of benzene rings is 1. The van der Waals surface area contributed by atoms with E-state index in [1.807, 2.05) is 25.7 Å². The molecule has 3 heterocycles. The highest BCUT2D eigenvalue weighted by molar-refractivity contribution is 5.68. The van der Waals surface area contributed by atoms with Crippen molar-refractivity contribution in [3.8, 4) is 5.75 Å². The molecule has 0 spiro atoms. The van der Waals surface area contributed by atoms with E-state index in [2.05, 4.69) is 34.1 Å². The summed E-state index contributed by atoms with van der Waals surface area (Å²) in [6.45, 7) is 11.7. The van der Waals surface area contributed by atoms with E-state index < -0.39 is 5.60 Å². The van der Waals surface area contributed by atoms with Crippen LogP contribution < -0.4 is 4.74 Å². The molecular weight excluding hydrogens is 466 g/mol. The molecule has 1 aromatic rings. The van der Waals surface area contributed by atoms with Gasteiger partial charge in [-0.2, -0.15) is 0 Å². The van der Waals surface area contributed by atoms with Gasteiger partial charge in [-0.1, -0.05) is 25.0 Å². The van der Waals surface area contributed by atoms with Crippen LogP contribution in [0.3, 0.4) is 0 Å². The van der Waals surface area contributed by atoms with Crippen LogP contribution in [0.5, 0.6) is 5.75 Å². The number of nitrogens with zero attached hydrogens (tertiary/aromatic N) is 3. The van der Waals surface area contributed by atoms with E-state index >= 15 is 0 Å². The normalized spacial score (nSPS) is 26.1. The van der Waals surface area contributed by atoms with Crippen molar-refractivity contribution >= 4 is 6.09 Å². The lowest BCUT2D eigenvalue weighted by Crippen LogP contribution is -2.61. The molecular formula is C30H49N3O4. The number of methoxy groups -OCH3 is 1. The van der Waals surface area contributed by atoms with Crippen LogP contribution in [0.15, 0.2) is 24.3 Å². The summed E-state index contributed by atoms with van der Waals surface area (Å²) in [7, 11) is 1.72. The molecule has 37 heavy (non-hydrogen) atoms. The number of fused-ring (bicyclic) bond motifs is 1. The molecule has 3 aliphatic rings. The topological polar surface area (TPSA) is 65.5 Å². The summed E-state index contributed by atoms with van der Waals surface area (Å²) in [6.07, 6.45) is 8.40. The zero-order valence-electron chi connectivity index (χ0n) is 23.5. The molecule has 0 unspecified atom stereocenters. The van der Waals surface area contributed by atoms with E-state index in [1.165, 1.54) is 24.8 Å². The number of rotatable bonds is 8. The minimum atomic E-state index is -0.430. The van der Waals surface area contributed by atoms with E-state index in [0.717, 1.165) is 77.1 Å². The number of unbranched alkanes of at least 4 members (excludes halogenated alkanes) is 1. The van der Waals surface area contributed by atoms with Crippen LogP contribution in [0, 0.1) is 5.92 Å². The van der Waals surface area contributed by atoms with Crippen molar-refractivity contribution in [2.75, 3.05) is 46.4 Å². The SMILES string of the molecule is COc1ccc(C[C@H]2CN3CC[C@H](O)C[C@@H]3CN2CCCCC2CCN(C(=O)OC(C)(C)C)CC2)cc1. The predicted octanol–water partition coefficient (Wildman–Crippen LogP) is 4.56. The van der Waals surface area contributed by atoms with Crippen LogP contribution in [0.25, 0.3) is 0 Å². The largest absolute Gasteiger partial charge is 0.497 e. The van der Waals surface area contributed by atoms with E-state index in [9.17, 15) is 9.90 Å². The van der Waals surface area contributed by atoms with Gasteiger partial charge in [0.2, 0.25) is 0 Å².